The van der Waals surface area contributed by atoms with E-state index in [9.17, 15) is 0 Å². The number of aliphatic hydroxyl groups excluding tert-OH is 1. The molecule has 1 heterocycles. The van der Waals surface area contributed by atoms with Crippen molar-refractivity contribution in [2.75, 3.05) is 19.6 Å². The molecule has 0 aliphatic carbocycles. The summed E-state index contributed by atoms with van der Waals surface area (Å²) < 4.78 is 0. The normalized spacial score (nSPS) is 19.4. The predicted octanol–water partition coefficient (Wildman–Crippen LogP) is 2.53. The van der Waals surface area contributed by atoms with E-state index in [2.05, 4.69) is 29.3 Å². The summed E-state index contributed by atoms with van der Waals surface area (Å²) in [5.41, 5.74) is 2.33. The van der Waals surface area contributed by atoms with E-state index in [0.717, 1.165) is 25.2 Å². The molecule has 1 aliphatic heterocycles. The summed E-state index contributed by atoms with van der Waals surface area (Å²) in [6, 6.07) is 8.99. The third-order valence-electron chi connectivity index (χ3n) is 4.04. The summed E-state index contributed by atoms with van der Waals surface area (Å²) in [6.07, 6.45) is 5.20. The summed E-state index contributed by atoms with van der Waals surface area (Å²) in [6.45, 7) is 6.87. The van der Waals surface area contributed by atoms with Crippen LogP contribution in [0.3, 0.4) is 0 Å². The van der Waals surface area contributed by atoms with Crippen LogP contribution in [-0.4, -0.2) is 35.7 Å². The third kappa shape index (κ3) is 4.89. The average molecular weight is 276 g/mol. The first kappa shape index (κ1) is 15.5. The fraction of sp³-hybridized carbons (Fsp3) is 0.647. The van der Waals surface area contributed by atoms with Crippen LogP contribution in [0.25, 0.3) is 0 Å². The van der Waals surface area contributed by atoms with Crippen LogP contribution in [0.1, 0.15) is 43.7 Å². The zero-order valence-corrected chi connectivity index (χ0v) is 12.6. The standard InChI is InChI=1S/C17H28N2O/c1-2-11-19(13-17-5-3-4-10-18-17)12-15-6-8-16(14-20)9-7-15/h6-9,17-18,20H,2-5,10-14H2,1H3. The molecular formula is C17H28N2O. The van der Waals surface area contributed by atoms with Gasteiger partial charge < -0.3 is 10.4 Å². The Bertz CT molecular complexity index is 371. The lowest BCUT2D eigenvalue weighted by Crippen LogP contribution is -2.43. The van der Waals surface area contributed by atoms with Crippen LogP contribution >= 0.6 is 0 Å². The van der Waals surface area contributed by atoms with Gasteiger partial charge in [-0.2, -0.15) is 0 Å². The quantitative estimate of drug-likeness (QED) is 0.803. The van der Waals surface area contributed by atoms with Crippen molar-refractivity contribution in [1.29, 1.82) is 0 Å². The van der Waals surface area contributed by atoms with Gasteiger partial charge in [-0.1, -0.05) is 37.6 Å². The summed E-state index contributed by atoms with van der Waals surface area (Å²) >= 11 is 0. The molecule has 0 bridgehead atoms. The molecule has 0 radical (unpaired) electrons. The smallest absolute Gasteiger partial charge is 0.0681 e. The van der Waals surface area contributed by atoms with E-state index in [1.807, 2.05) is 12.1 Å². The molecule has 20 heavy (non-hydrogen) atoms. The summed E-state index contributed by atoms with van der Waals surface area (Å²) in [5.74, 6) is 0. The minimum atomic E-state index is 0.130. The van der Waals surface area contributed by atoms with Crippen molar-refractivity contribution in [3.8, 4) is 0 Å². The first-order valence-corrected chi connectivity index (χ1v) is 7.96. The first-order chi connectivity index (χ1) is 9.81. The Morgan fingerprint density at radius 1 is 1.20 bits per heavy atom. The van der Waals surface area contributed by atoms with Gasteiger partial charge in [0.25, 0.3) is 0 Å². The van der Waals surface area contributed by atoms with Gasteiger partial charge in [-0.25, -0.2) is 0 Å². The molecule has 1 aromatic carbocycles. The maximum absolute atomic E-state index is 9.09. The number of rotatable bonds is 7. The Kier molecular flexibility index (Phi) is 6.51. The summed E-state index contributed by atoms with van der Waals surface area (Å²) in [4.78, 5) is 2.55. The molecule has 0 saturated carbocycles. The topological polar surface area (TPSA) is 35.5 Å². The lowest BCUT2D eigenvalue weighted by molar-refractivity contribution is 0.217. The second-order valence-corrected chi connectivity index (χ2v) is 5.86. The number of aliphatic hydroxyl groups is 1. The van der Waals surface area contributed by atoms with E-state index >= 15 is 0 Å². The molecule has 3 nitrogen and oxygen atoms in total. The molecule has 2 rings (SSSR count). The van der Waals surface area contributed by atoms with E-state index < -0.39 is 0 Å². The van der Waals surface area contributed by atoms with Crippen molar-refractivity contribution in [2.45, 2.75) is 51.8 Å². The molecule has 1 aliphatic rings. The van der Waals surface area contributed by atoms with Gasteiger partial charge in [0.15, 0.2) is 0 Å². The molecule has 112 valence electrons. The fourth-order valence-corrected chi connectivity index (χ4v) is 2.95. The van der Waals surface area contributed by atoms with Crippen molar-refractivity contribution in [3.05, 3.63) is 35.4 Å². The van der Waals surface area contributed by atoms with Gasteiger partial charge in [0.05, 0.1) is 6.61 Å². The van der Waals surface area contributed by atoms with E-state index in [1.165, 1.54) is 37.8 Å². The molecule has 1 atom stereocenters. The highest BCUT2D eigenvalue weighted by Crippen LogP contribution is 2.12. The SMILES string of the molecule is CCCN(Cc1ccc(CO)cc1)CC1CCCCN1. The molecule has 0 aromatic heterocycles. The predicted molar refractivity (Wildman–Crippen MR) is 83.6 cm³/mol. The Morgan fingerprint density at radius 3 is 2.55 bits per heavy atom. The van der Waals surface area contributed by atoms with Crippen LogP contribution in [0.5, 0.6) is 0 Å². The highest BCUT2D eigenvalue weighted by atomic mass is 16.3. The molecule has 1 fully saturated rings. The van der Waals surface area contributed by atoms with Crippen LogP contribution in [0.4, 0.5) is 0 Å². The van der Waals surface area contributed by atoms with Crippen LogP contribution in [0.15, 0.2) is 24.3 Å². The molecule has 0 spiro atoms. The van der Waals surface area contributed by atoms with Gasteiger partial charge in [0.2, 0.25) is 0 Å². The van der Waals surface area contributed by atoms with Crippen LogP contribution < -0.4 is 5.32 Å². The number of hydrogen-bond acceptors (Lipinski definition) is 3. The molecule has 2 N–H and O–H groups in total. The fourth-order valence-electron chi connectivity index (χ4n) is 2.95. The Morgan fingerprint density at radius 2 is 1.95 bits per heavy atom. The largest absolute Gasteiger partial charge is 0.392 e. The lowest BCUT2D eigenvalue weighted by Gasteiger charge is -2.30. The van der Waals surface area contributed by atoms with Gasteiger partial charge in [-0.05, 0) is 43.5 Å². The van der Waals surface area contributed by atoms with Crippen molar-refractivity contribution in [2.24, 2.45) is 0 Å². The first-order valence-electron chi connectivity index (χ1n) is 7.96. The Balaban J connectivity index is 1.89. The maximum Gasteiger partial charge on any atom is 0.0681 e. The number of nitrogens with one attached hydrogen (secondary N) is 1. The summed E-state index contributed by atoms with van der Waals surface area (Å²) in [5, 5.41) is 12.7. The minimum absolute atomic E-state index is 0.130. The molecule has 0 amide bonds. The minimum Gasteiger partial charge on any atom is -0.392 e. The van der Waals surface area contributed by atoms with E-state index in [4.69, 9.17) is 5.11 Å². The molecule has 1 unspecified atom stereocenters. The third-order valence-corrected chi connectivity index (χ3v) is 4.04. The Labute approximate surface area is 123 Å². The van der Waals surface area contributed by atoms with Gasteiger partial charge in [-0.15, -0.1) is 0 Å². The van der Waals surface area contributed by atoms with Gasteiger partial charge in [-0.3, -0.25) is 4.90 Å². The van der Waals surface area contributed by atoms with Crippen molar-refractivity contribution >= 4 is 0 Å². The second kappa shape index (κ2) is 8.40. The van der Waals surface area contributed by atoms with E-state index in [1.54, 1.807) is 0 Å². The molecule has 1 saturated heterocycles. The highest BCUT2D eigenvalue weighted by Gasteiger charge is 2.16. The molecule has 1 aromatic rings. The van der Waals surface area contributed by atoms with Crippen molar-refractivity contribution < 1.29 is 5.11 Å². The highest BCUT2D eigenvalue weighted by molar-refractivity contribution is 5.21. The molecule has 3 heteroatoms. The zero-order chi connectivity index (χ0) is 14.2. The van der Waals surface area contributed by atoms with E-state index in [0.29, 0.717) is 6.04 Å². The van der Waals surface area contributed by atoms with Crippen LogP contribution in [0, 0.1) is 0 Å². The number of hydrogen-bond donors (Lipinski definition) is 2. The second-order valence-electron chi connectivity index (χ2n) is 5.86. The Hall–Kier alpha value is -0.900. The number of benzene rings is 1. The van der Waals surface area contributed by atoms with Gasteiger partial charge in [0, 0.05) is 19.1 Å². The van der Waals surface area contributed by atoms with Crippen LogP contribution in [0.2, 0.25) is 0 Å². The van der Waals surface area contributed by atoms with Crippen LogP contribution in [-0.2, 0) is 13.2 Å². The van der Waals surface area contributed by atoms with Crippen molar-refractivity contribution in [3.63, 3.8) is 0 Å². The van der Waals surface area contributed by atoms with Crippen molar-refractivity contribution in [1.82, 2.24) is 10.2 Å². The average Bonchev–Trinajstić information content (AvgIpc) is 2.49. The zero-order valence-electron chi connectivity index (χ0n) is 12.6. The monoisotopic (exact) mass is 276 g/mol. The lowest BCUT2D eigenvalue weighted by atomic mass is 10.0. The van der Waals surface area contributed by atoms with E-state index in [-0.39, 0.29) is 6.61 Å². The van der Waals surface area contributed by atoms with Gasteiger partial charge >= 0.3 is 0 Å². The molecular weight excluding hydrogens is 248 g/mol. The number of piperidine rings is 1. The number of nitrogens with zero attached hydrogens (tertiary/aromatic N) is 1. The van der Waals surface area contributed by atoms with Gasteiger partial charge in [0.1, 0.15) is 0 Å². The maximum atomic E-state index is 9.09. The summed E-state index contributed by atoms with van der Waals surface area (Å²) in [7, 11) is 0.